The van der Waals surface area contributed by atoms with E-state index in [0.717, 1.165) is 42.7 Å². The molecule has 22 heavy (non-hydrogen) atoms. The summed E-state index contributed by atoms with van der Waals surface area (Å²) >= 11 is 0. The Kier molecular flexibility index (Phi) is 3.79. The molecule has 1 aromatic carbocycles. The van der Waals surface area contributed by atoms with E-state index in [2.05, 4.69) is 33.1 Å². The van der Waals surface area contributed by atoms with Crippen LogP contribution in [-0.2, 0) is 0 Å². The third-order valence-corrected chi connectivity index (χ3v) is 4.06. The van der Waals surface area contributed by atoms with Gasteiger partial charge in [0, 0.05) is 36.5 Å². The van der Waals surface area contributed by atoms with E-state index < -0.39 is 0 Å². The Morgan fingerprint density at radius 1 is 1.14 bits per heavy atom. The summed E-state index contributed by atoms with van der Waals surface area (Å²) in [5.74, 6) is 0.760. The molecule has 6 heteroatoms. The molecule has 1 aliphatic rings. The summed E-state index contributed by atoms with van der Waals surface area (Å²) in [6.45, 7) is 1.84. The number of nitrogens with two attached hydrogens (primary N) is 2. The molecule has 1 saturated heterocycles. The van der Waals surface area contributed by atoms with Crippen LogP contribution in [0.15, 0.2) is 30.5 Å². The van der Waals surface area contributed by atoms with Gasteiger partial charge < -0.3 is 16.4 Å². The van der Waals surface area contributed by atoms with Crippen molar-refractivity contribution in [3.05, 3.63) is 30.5 Å². The second-order valence-corrected chi connectivity index (χ2v) is 5.46. The van der Waals surface area contributed by atoms with Crippen LogP contribution in [0.4, 0.5) is 17.5 Å². The number of nitrogen functional groups attached to an aromatic ring is 2. The van der Waals surface area contributed by atoms with Gasteiger partial charge in [0.2, 0.25) is 5.95 Å². The van der Waals surface area contributed by atoms with Crippen LogP contribution in [0.2, 0.25) is 0 Å². The highest BCUT2D eigenvalue weighted by molar-refractivity contribution is 5.74. The Hall–Kier alpha value is -2.81. The summed E-state index contributed by atoms with van der Waals surface area (Å²) in [5, 5.41) is 8.95. The third-order valence-electron chi connectivity index (χ3n) is 4.06. The molecule has 1 fully saturated rings. The average molecular weight is 294 g/mol. The van der Waals surface area contributed by atoms with Crippen LogP contribution in [0, 0.1) is 17.2 Å². The van der Waals surface area contributed by atoms with Gasteiger partial charge >= 0.3 is 0 Å². The first kappa shape index (κ1) is 14.1. The molecule has 3 rings (SSSR count). The summed E-state index contributed by atoms with van der Waals surface area (Å²) in [4.78, 5) is 10.3. The number of benzene rings is 1. The molecule has 0 atom stereocenters. The van der Waals surface area contributed by atoms with Crippen LogP contribution in [0.5, 0.6) is 0 Å². The number of piperidine rings is 1. The van der Waals surface area contributed by atoms with Crippen molar-refractivity contribution in [2.24, 2.45) is 5.92 Å². The van der Waals surface area contributed by atoms with Crippen LogP contribution in [0.1, 0.15) is 12.8 Å². The Morgan fingerprint density at radius 3 is 2.41 bits per heavy atom. The molecule has 6 nitrogen and oxygen atoms in total. The Labute approximate surface area is 129 Å². The van der Waals surface area contributed by atoms with Crippen LogP contribution in [-0.4, -0.2) is 23.1 Å². The van der Waals surface area contributed by atoms with Gasteiger partial charge in [0.25, 0.3) is 0 Å². The van der Waals surface area contributed by atoms with Gasteiger partial charge in [-0.1, -0.05) is 12.1 Å². The van der Waals surface area contributed by atoms with Crippen molar-refractivity contribution in [3.8, 4) is 17.2 Å². The molecule has 4 N–H and O–H groups in total. The van der Waals surface area contributed by atoms with Gasteiger partial charge in [-0.25, -0.2) is 4.98 Å². The predicted molar refractivity (Wildman–Crippen MR) is 86.8 cm³/mol. The normalized spacial score (nSPS) is 15.5. The zero-order valence-corrected chi connectivity index (χ0v) is 12.2. The van der Waals surface area contributed by atoms with Crippen molar-refractivity contribution in [1.82, 2.24) is 9.97 Å². The lowest BCUT2D eigenvalue weighted by atomic mass is 9.98. The maximum atomic E-state index is 8.95. The maximum Gasteiger partial charge on any atom is 0.221 e. The third kappa shape index (κ3) is 2.79. The number of rotatable bonds is 2. The van der Waals surface area contributed by atoms with Crippen molar-refractivity contribution in [3.63, 3.8) is 0 Å². The molecule has 0 amide bonds. The summed E-state index contributed by atoms with van der Waals surface area (Å²) < 4.78 is 0. The minimum absolute atomic E-state index is 0.179. The smallest absolute Gasteiger partial charge is 0.221 e. The number of nitrogens with zero attached hydrogens (tertiary/aromatic N) is 4. The highest BCUT2D eigenvalue weighted by Crippen LogP contribution is 2.28. The molecule has 0 radical (unpaired) electrons. The molecule has 0 unspecified atom stereocenters. The minimum atomic E-state index is 0.179. The monoisotopic (exact) mass is 294 g/mol. The fourth-order valence-electron chi connectivity index (χ4n) is 2.75. The number of nitriles is 1. The van der Waals surface area contributed by atoms with Crippen molar-refractivity contribution in [1.29, 1.82) is 5.26 Å². The van der Waals surface area contributed by atoms with E-state index in [9.17, 15) is 0 Å². The first-order valence-corrected chi connectivity index (χ1v) is 7.30. The van der Waals surface area contributed by atoms with Crippen LogP contribution < -0.4 is 16.4 Å². The van der Waals surface area contributed by atoms with Crippen LogP contribution in [0.3, 0.4) is 0 Å². The van der Waals surface area contributed by atoms with Gasteiger partial charge in [-0.15, -0.1) is 0 Å². The minimum Gasteiger partial charge on any atom is -0.383 e. The topological polar surface area (TPSA) is 105 Å². The number of hydrogen-bond acceptors (Lipinski definition) is 6. The standard InChI is InChI=1S/C16H18N6/c17-9-11-5-7-22(8-6-11)13-3-1-12(2-4-13)14-10-20-16(19)21-15(14)18/h1-4,10-11H,5-8H2,(H4,18,19,20,21). The number of anilines is 3. The van der Waals surface area contributed by atoms with Gasteiger partial charge in [-0.2, -0.15) is 10.2 Å². The molecule has 0 bridgehead atoms. The highest BCUT2D eigenvalue weighted by Gasteiger charge is 2.18. The quantitative estimate of drug-likeness (QED) is 0.878. The Bertz CT molecular complexity index is 696. The zero-order chi connectivity index (χ0) is 15.5. The molecule has 1 aromatic heterocycles. The fourth-order valence-corrected chi connectivity index (χ4v) is 2.75. The predicted octanol–water partition coefficient (Wildman–Crippen LogP) is 2.05. The van der Waals surface area contributed by atoms with E-state index in [1.54, 1.807) is 6.20 Å². The maximum absolute atomic E-state index is 8.95. The van der Waals surface area contributed by atoms with Crippen LogP contribution in [0.25, 0.3) is 11.1 Å². The van der Waals surface area contributed by atoms with Gasteiger partial charge in [-0.3, -0.25) is 0 Å². The number of aromatic nitrogens is 2. The van der Waals surface area contributed by atoms with E-state index in [1.807, 2.05) is 12.1 Å². The summed E-state index contributed by atoms with van der Waals surface area (Å²) in [6.07, 6.45) is 3.50. The van der Waals surface area contributed by atoms with Gasteiger partial charge in [0.05, 0.1) is 6.07 Å². The van der Waals surface area contributed by atoms with Crippen molar-refractivity contribution < 1.29 is 0 Å². The first-order chi connectivity index (χ1) is 10.7. The van der Waals surface area contributed by atoms with Crippen molar-refractivity contribution in [2.75, 3.05) is 29.5 Å². The van der Waals surface area contributed by atoms with E-state index >= 15 is 0 Å². The molecule has 112 valence electrons. The molecular weight excluding hydrogens is 276 g/mol. The fraction of sp³-hybridized carbons (Fsp3) is 0.312. The molecular formula is C16H18N6. The summed E-state index contributed by atoms with van der Waals surface area (Å²) in [7, 11) is 0. The molecule has 0 aliphatic carbocycles. The van der Waals surface area contributed by atoms with Gasteiger partial charge in [0.15, 0.2) is 0 Å². The summed E-state index contributed by atoms with van der Waals surface area (Å²) in [5.41, 5.74) is 14.3. The SMILES string of the molecule is N#CC1CCN(c2ccc(-c3cnc(N)nc3N)cc2)CC1. The Balaban J connectivity index is 1.77. The largest absolute Gasteiger partial charge is 0.383 e. The molecule has 2 aromatic rings. The zero-order valence-electron chi connectivity index (χ0n) is 12.2. The van der Waals surface area contributed by atoms with Gasteiger partial charge in [0.1, 0.15) is 5.82 Å². The molecule has 0 spiro atoms. The van der Waals surface area contributed by atoms with E-state index in [-0.39, 0.29) is 11.9 Å². The van der Waals surface area contributed by atoms with Crippen molar-refractivity contribution >= 4 is 17.5 Å². The second kappa shape index (κ2) is 5.90. The lowest BCUT2D eigenvalue weighted by Gasteiger charge is -2.31. The lowest BCUT2D eigenvalue weighted by Crippen LogP contribution is -2.33. The van der Waals surface area contributed by atoms with Crippen LogP contribution >= 0.6 is 0 Å². The second-order valence-electron chi connectivity index (χ2n) is 5.46. The van der Waals surface area contributed by atoms with E-state index in [1.165, 1.54) is 0 Å². The molecule has 2 heterocycles. The van der Waals surface area contributed by atoms with Crippen molar-refractivity contribution in [2.45, 2.75) is 12.8 Å². The van der Waals surface area contributed by atoms with E-state index in [0.29, 0.717) is 5.82 Å². The lowest BCUT2D eigenvalue weighted by molar-refractivity contribution is 0.488. The Morgan fingerprint density at radius 2 is 1.82 bits per heavy atom. The summed E-state index contributed by atoms with van der Waals surface area (Å²) in [6, 6.07) is 10.5. The molecule has 0 saturated carbocycles. The molecule has 1 aliphatic heterocycles. The average Bonchev–Trinajstić information content (AvgIpc) is 2.55. The van der Waals surface area contributed by atoms with E-state index in [4.69, 9.17) is 16.7 Å². The highest BCUT2D eigenvalue weighted by atomic mass is 15.1. The number of hydrogen-bond donors (Lipinski definition) is 2. The van der Waals surface area contributed by atoms with Gasteiger partial charge in [-0.05, 0) is 30.5 Å². The first-order valence-electron chi connectivity index (χ1n) is 7.30.